The van der Waals surface area contributed by atoms with E-state index in [0.717, 1.165) is 5.56 Å². The maximum Gasteiger partial charge on any atom is 0.336 e. The molecule has 0 spiro atoms. The Morgan fingerprint density at radius 2 is 2.15 bits per heavy atom. The lowest BCUT2D eigenvalue weighted by Gasteiger charge is -2.14. The van der Waals surface area contributed by atoms with Gasteiger partial charge in [0.25, 0.3) is 0 Å². The van der Waals surface area contributed by atoms with Crippen LogP contribution < -0.4 is 15.1 Å². The van der Waals surface area contributed by atoms with Crippen LogP contribution in [0.4, 0.5) is 0 Å². The summed E-state index contributed by atoms with van der Waals surface area (Å²) in [5, 5.41) is 0.689. The van der Waals surface area contributed by atoms with Gasteiger partial charge in [-0.1, -0.05) is 6.08 Å². The first kappa shape index (κ1) is 13.9. The smallest absolute Gasteiger partial charge is 0.336 e. The first-order chi connectivity index (χ1) is 9.56. The van der Waals surface area contributed by atoms with Gasteiger partial charge in [0.05, 0.1) is 7.11 Å². The van der Waals surface area contributed by atoms with Gasteiger partial charge in [0.15, 0.2) is 11.3 Å². The third kappa shape index (κ3) is 2.56. The van der Waals surface area contributed by atoms with Gasteiger partial charge < -0.3 is 13.9 Å². The predicted octanol–water partition coefficient (Wildman–Crippen LogP) is 2.46. The largest absolute Gasteiger partial charge is 0.490 e. The van der Waals surface area contributed by atoms with E-state index in [0.29, 0.717) is 11.8 Å². The van der Waals surface area contributed by atoms with E-state index in [1.165, 1.54) is 20.1 Å². The predicted molar refractivity (Wildman–Crippen MR) is 74.2 cm³/mol. The molecule has 0 bridgehead atoms. The van der Waals surface area contributed by atoms with Crippen molar-refractivity contribution < 1.29 is 18.7 Å². The van der Waals surface area contributed by atoms with E-state index in [2.05, 4.69) is 6.58 Å². The minimum absolute atomic E-state index is 0.229. The average Bonchev–Trinajstić information content (AvgIpc) is 2.39. The van der Waals surface area contributed by atoms with Crippen molar-refractivity contribution in [3.05, 3.63) is 46.8 Å². The van der Waals surface area contributed by atoms with E-state index in [-0.39, 0.29) is 17.1 Å². The van der Waals surface area contributed by atoms with Gasteiger partial charge in [-0.05, 0) is 18.6 Å². The van der Waals surface area contributed by atoms with Gasteiger partial charge in [-0.2, -0.15) is 0 Å². The number of esters is 1. The summed E-state index contributed by atoms with van der Waals surface area (Å²) in [6, 6.07) is 4.74. The second-order valence-corrected chi connectivity index (χ2v) is 4.16. The number of fused-ring (bicyclic) bond motifs is 1. The summed E-state index contributed by atoms with van der Waals surface area (Å²) in [6.07, 6.45) is 2.18. The summed E-state index contributed by atoms with van der Waals surface area (Å²) in [6.45, 7) is 4.97. The standard InChI is InChI=1S/C15H14O5/c1-4-5-10-8-11-6-7-12(17)20-14(11)15(18-3)13(10)19-9(2)16/h4,6-8H,1,5H2,2-3H3. The van der Waals surface area contributed by atoms with Crippen LogP contribution in [0.15, 0.2) is 40.1 Å². The molecule has 0 aliphatic heterocycles. The number of rotatable bonds is 4. The number of hydrogen-bond donors (Lipinski definition) is 0. The lowest BCUT2D eigenvalue weighted by Crippen LogP contribution is -2.07. The molecule has 1 aromatic heterocycles. The Bertz CT molecular complexity index is 727. The summed E-state index contributed by atoms with van der Waals surface area (Å²) in [5.41, 5.74) is 0.485. The van der Waals surface area contributed by atoms with Crippen LogP contribution in [0, 0.1) is 0 Å². The first-order valence-electron chi connectivity index (χ1n) is 6.00. The fourth-order valence-electron chi connectivity index (χ4n) is 1.97. The first-order valence-corrected chi connectivity index (χ1v) is 6.00. The van der Waals surface area contributed by atoms with Crippen LogP contribution in [0.2, 0.25) is 0 Å². The molecule has 0 fully saturated rings. The molecule has 0 unspecified atom stereocenters. The van der Waals surface area contributed by atoms with Crippen molar-refractivity contribution in [3.8, 4) is 11.5 Å². The SMILES string of the molecule is C=CCc1cc2ccc(=O)oc2c(OC)c1OC(C)=O. The van der Waals surface area contributed by atoms with Gasteiger partial charge in [0.2, 0.25) is 5.75 Å². The van der Waals surface area contributed by atoms with Gasteiger partial charge in [0, 0.05) is 23.9 Å². The van der Waals surface area contributed by atoms with Gasteiger partial charge in [-0.25, -0.2) is 4.79 Å². The number of carbonyl (C=O) groups is 1. The van der Waals surface area contributed by atoms with Crippen molar-refractivity contribution in [2.24, 2.45) is 0 Å². The van der Waals surface area contributed by atoms with Crippen LogP contribution in [-0.2, 0) is 11.2 Å². The van der Waals surface area contributed by atoms with Gasteiger partial charge >= 0.3 is 11.6 Å². The molecule has 2 aromatic rings. The monoisotopic (exact) mass is 274 g/mol. The minimum atomic E-state index is -0.499. The molecular weight excluding hydrogens is 260 g/mol. The maximum absolute atomic E-state index is 11.3. The van der Waals surface area contributed by atoms with Gasteiger partial charge in [-0.15, -0.1) is 6.58 Å². The molecule has 0 saturated heterocycles. The highest BCUT2D eigenvalue weighted by Gasteiger charge is 2.18. The molecule has 0 amide bonds. The molecule has 0 radical (unpaired) electrons. The summed E-state index contributed by atoms with van der Waals surface area (Å²) in [5.74, 6) is 0.000223. The fraction of sp³-hybridized carbons (Fsp3) is 0.200. The lowest BCUT2D eigenvalue weighted by atomic mass is 10.1. The van der Waals surface area contributed by atoms with Crippen molar-refractivity contribution in [2.45, 2.75) is 13.3 Å². The van der Waals surface area contributed by atoms with Crippen LogP contribution in [0.5, 0.6) is 11.5 Å². The van der Waals surface area contributed by atoms with Crippen molar-refractivity contribution in [3.63, 3.8) is 0 Å². The molecule has 20 heavy (non-hydrogen) atoms. The van der Waals surface area contributed by atoms with Crippen molar-refractivity contribution >= 4 is 16.9 Å². The van der Waals surface area contributed by atoms with E-state index in [1.54, 1.807) is 18.2 Å². The number of carbonyl (C=O) groups excluding carboxylic acids is 1. The topological polar surface area (TPSA) is 65.7 Å². The van der Waals surface area contributed by atoms with Gasteiger partial charge in [0.1, 0.15) is 0 Å². The second-order valence-electron chi connectivity index (χ2n) is 4.16. The van der Waals surface area contributed by atoms with Crippen LogP contribution in [0.25, 0.3) is 11.0 Å². The summed E-state index contributed by atoms with van der Waals surface area (Å²) >= 11 is 0. The van der Waals surface area contributed by atoms with E-state index < -0.39 is 11.6 Å². The molecule has 0 N–H and O–H groups in total. The van der Waals surface area contributed by atoms with Crippen molar-refractivity contribution in [1.82, 2.24) is 0 Å². The number of ether oxygens (including phenoxy) is 2. The van der Waals surface area contributed by atoms with Crippen LogP contribution in [0.1, 0.15) is 12.5 Å². The molecule has 5 heteroatoms. The molecule has 1 aromatic carbocycles. The second kappa shape index (κ2) is 5.61. The quantitative estimate of drug-likeness (QED) is 0.371. The Balaban J connectivity index is 2.81. The highest BCUT2D eigenvalue weighted by Crippen LogP contribution is 2.39. The van der Waals surface area contributed by atoms with Crippen LogP contribution in [0.3, 0.4) is 0 Å². The maximum atomic E-state index is 11.3. The molecule has 5 nitrogen and oxygen atoms in total. The zero-order valence-corrected chi connectivity index (χ0v) is 11.3. The number of allylic oxidation sites excluding steroid dienone is 1. The average molecular weight is 274 g/mol. The molecular formula is C15H14O5. The third-order valence-electron chi connectivity index (χ3n) is 2.71. The highest BCUT2D eigenvalue weighted by molar-refractivity contribution is 5.88. The normalized spacial score (nSPS) is 10.3. The molecule has 0 saturated carbocycles. The van der Waals surface area contributed by atoms with Crippen LogP contribution >= 0.6 is 0 Å². The lowest BCUT2D eigenvalue weighted by molar-refractivity contribution is -0.132. The Morgan fingerprint density at radius 1 is 1.40 bits per heavy atom. The Labute approximate surface area is 115 Å². The molecule has 104 valence electrons. The third-order valence-corrected chi connectivity index (χ3v) is 2.71. The molecule has 1 heterocycles. The van der Waals surface area contributed by atoms with Crippen LogP contribution in [-0.4, -0.2) is 13.1 Å². The summed E-state index contributed by atoms with van der Waals surface area (Å²) in [7, 11) is 1.42. The Kier molecular flexibility index (Phi) is 3.89. The van der Waals surface area contributed by atoms with E-state index in [9.17, 15) is 9.59 Å². The van der Waals surface area contributed by atoms with Crippen molar-refractivity contribution in [2.75, 3.05) is 7.11 Å². The van der Waals surface area contributed by atoms with Crippen molar-refractivity contribution in [1.29, 1.82) is 0 Å². The number of methoxy groups -OCH3 is 1. The minimum Gasteiger partial charge on any atom is -0.490 e. The molecule has 0 aliphatic carbocycles. The summed E-state index contributed by atoms with van der Waals surface area (Å²) in [4.78, 5) is 22.6. The number of benzene rings is 1. The van der Waals surface area contributed by atoms with Gasteiger partial charge in [-0.3, -0.25) is 4.79 Å². The fourth-order valence-corrected chi connectivity index (χ4v) is 1.97. The summed E-state index contributed by atoms with van der Waals surface area (Å²) < 4.78 is 15.6. The van der Waals surface area contributed by atoms with E-state index >= 15 is 0 Å². The number of hydrogen-bond acceptors (Lipinski definition) is 5. The molecule has 2 rings (SSSR count). The zero-order valence-electron chi connectivity index (χ0n) is 11.3. The molecule has 0 aliphatic rings. The highest BCUT2D eigenvalue weighted by atomic mass is 16.6. The Hall–Kier alpha value is -2.56. The zero-order chi connectivity index (χ0) is 14.7. The van der Waals surface area contributed by atoms with E-state index in [1.807, 2.05) is 0 Å². The Morgan fingerprint density at radius 3 is 2.75 bits per heavy atom. The van der Waals surface area contributed by atoms with E-state index in [4.69, 9.17) is 13.9 Å². The molecule has 0 atom stereocenters.